The van der Waals surface area contributed by atoms with Gasteiger partial charge in [0.25, 0.3) is 0 Å². The lowest BCUT2D eigenvalue weighted by molar-refractivity contribution is 0.0973. The van der Waals surface area contributed by atoms with Crippen molar-refractivity contribution in [2.24, 2.45) is 11.7 Å². The minimum atomic E-state index is -0.353. The van der Waals surface area contributed by atoms with E-state index in [0.717, 1.165) is 18.4 Å². The third-order valence-electron chi connectivity index (χ3n) is 3.02. The van der Waals surface area contributed by atoms with Gasteiger partial charge in [0.05, 0.1) is 0 Å². The fraction of sp³-hybridized carbons (Fsp3) is 0.500. The smallest absolute Gasteiger partial charge is 0.163 e. The predicted molar refractivity (Wildman–Crippen MR) is 67.5 cm³/mol. The minimum absolute atomic E-state index is 0.0193. The second kappa shape index (κ2) is 6.50. The number of halogens is 1. The number of nitrogens with two attached hydrogens (primary N) is 1. The van der Waals surface area contributed by atoms with Gasteiger partial charge < -0.3 is 5.73 Å². The second-order valence-electron chi connectivity index (χ2n) is 4.60. The molecule has 0 amide bonds. The number of rotatable bonds is 6. The number of hydrogen-bond donors (Lipinski definition) is 1. The Bertz CT molecular complexity index is 390. The summed E-state index contributed by atoms with van der Waals surface area (Å²) in [4.78, 5) is 11.9. The molecule has 1 unspecified atom stereocenters. The highest BCUT2D eigenvalue weighted by Crippen LogP contribution is 2.16. The zero-order chi connectivity index (χ0) is 12.8. The first kappa shape index (κ1) is 13.8. The van der Waals surface area contributed by atoms with Gasteiger partial charge in [0.2, 0.25) is 0 Å². The maximum Gasteiger partial charge on any atom is 0.163 e. The normalized spacial score (nSPS) is 12.5. The Hall–Kier alpha value is -1.22. The molecular formula is C14H20FNO. The van der Waals surface area contributed by atoms with Gasteiger partial charge in [-0.25, -0.2) is 4.39 Å². The highest BCUT2D eigenvalue weighted by Gasteiger charge is 2.11. The largest absolute Gasteiger partial charge is 0.330 e. The summed E-state index contributed by atoms with van der Waals surface area (Å²) >= 11 is 0. The molecule has 1 atom stereocenters. The molecule has 0 heterocycles. The second-order valence-corrected chi connectivity index (χ2v) is 4.60. The maximum absolute atomic E-state index is 13.1. The number of Topliss-reactive ketones (excluding diaryl/α,β-unsaturated/α-hetero) is 1. The van der Waals surface area contributed by atoms with Crippen molar-refractivity contribution >= 4 is 5.78 Å². The van der Waals surface area contributed by atoms with Gasteiger partial charge in [-0.1, -0.05) is 13.0 Å². The number of carbonyl (C=O) groups is 1. The Kier molecular flexibility index (Phi) is 5.29. The summed E-state index contributed by atoms with van der Waals surface area (Å²) in [5, 5.41) is 0. The van der Waals surface area contributed by atoms with Gasteiger partial charge in [-0.05, 0) is 49.9 Å². The minimum Gasteiger partial charge on any atom is -0.330 e. The average molecular weight is 237 g/mol. The molecule has 3 heteroatoms. The number of hydrogen-bond acceptors (Lipinski definition) is 2. The zero-order valence-corrected chi connectivity index (χ0v) is 10.5. The molecule has 0 aromatic heterocycles. The van der Waals surface area contributed by atoms with Crippen molar-refractivity contribution < 1.29 is 9.18 Å². The van der Waals surface area contributed by atoms with E-state index in [1.807, 2.05) is 6.92 Å². The molecule has 1 aromatic rings. The highest BCUT2D eigenvalue weighted by atomic mass is 19.1. The third kappa shape index (κ3) is 4.27. The van der Waals surface area contributed by atoms with Crippen molar-refractivity contribution in [3.63, 3.8) is 0 Å². The van der Waals surface area contributed by atoms with Gasteiger partial charge in [0, 0.05) is 12.0 Å². The molecule has 0 spiro atoms. The van der Waals surface area contributed by atoms with E-state index in [1.54, 1.807) is 6.07 Å². The predicted octanol–water partition coefficient (Wildman–Crippen LogP) is 3.08. The Labute approximate surface area is 102 Å². The van der Waals surface area contributed by atoms with E-state index >= 15 is 0 Å². The first-order chi connectivity index (χ1) is 8.04. The Morgan fingerprint density at radius 2 is 2.12 bits per heavy atom. The van der Waals surface area contributed by atoms with Crippen LogP contribution >= 0.6 is 0 Å². The fourth-order valence-electron chi connectivity index (χ4n) is 1.84. The lowest BCUT2D eigenvalue weighted by atomic mass is 9.96. The molecule has 1 rings (SSSR count). The molecule has 0 aliphatic heterocycles. The van der Waals surface area contributed by atoms with E-state index in [9.17, 15) is 9.18 Å². The summed E-state index contributed by atoms with van der Waals surface area (Å²) in [6, 6.07) is 4.35. The molecule has 0 saturated carbocycles. The molecule has 94 valence electrons. The van der Waals surface area contributed by atoms with E-state index in [2.05, 4.69) is 6.92 Å². The van der Waals surface area contributed by atoms with Crippen molar-refractivity contribution in [3.05, 3.63) is 35.1 Å². The quantitative estimate of drug-likeness (QED) is 0.773. The molecule has 0 aliphatic carbocycles. The van der Waals surface area contributed by atoms with Gasteiger partial charge in [-0.2, -0.15) is 0 Å². The number of ketones is 1. The van der Waals surface area contributed by atoms with Gasteiger partial charge in [0.15, 0.2) is 5.78 Å². The molecule has 2 N–H and O–H groups in total. The van der Waals surface area contributed by atoms with Crippen molar-refractivity contribution in [2.45, 2.75) is 33.1 Å². The summed E-state index contributed by atoms with van der Waals surface area (Å²) in [7, 11) is 0. The molecule has 0 fully saturated rings. The van der Waals surface area contributed by atoms with Crippen LogP contribution < -0.4 is 5.73 Å². The molecule has 17 heavy (non-hydrogen) atoms. The number of aryl methyl sites for hydroxylation is 1. The molecule has 0 bridgehead atoms. The van der Waals surface area contributed by atoms with Crippen LogP contribution in [0.4, 0.5) is 4.39 Å². The van der Waals surface area contributed by atoms with E-state index < -0.39 is 0 Å². The van der Waals surface area contributed by atoms with Crippen LogP contribution in [0.5, 0.6) is 0 Å². The van der Waals surface area contributed by atoms with Gasteiger partial charge in [-0.3, -0.25) is 4.79 Å². The number of carbonyl (C=O) groups excluding carboxylic acids is 1. The zero-order valence-electron chi connectivity index (χ0n) is 10.5. The van der Waals surface area contributed by atoms with E-state index in [0.29, 0.717) is 24.4 Å². The van der Waals surface area contributed by atoms with E-state index in [-0.39, 0.29) is 11.6 Å². The van der Waals surface area contributed by atoms with Crippen LogP contribution in [0.1, 0.15) is 42.1 Å². The standard InChI is InChI=1S/C14H20FNO/c1-10(7-8-16)3-6-14(17)13-9-12(15)5-4-11(13)2/h4-5,9-10H,3,6-8,16H2,1-2H3. The van der Waals surface area contributed by atoms with Crippen LogP contribution in [0, 0.1) is 18.7 Å². The van der Waals surface area contributed by atoms with E-state index in [1.165, 1.54) is 12.1 Å². The molecule has 1 aromatic carbocycles. The van der Waals surface area contributed by atoms with Crippen LogP contribution in [0.3, 0.4) is 0 Å². The SMILES string of the molecule is Cc1ccc(F)cc1C(=O)CCC(C)CCN. The molecule has 0 saturated heterocycles. The van der Waals surface area contributed by atoms with Gasteiger partial charge in [-0.15, -0.1) is 0 Å². The first-order valence-electron chi connectivity index (χ1n) is 6.04. The molecule has 0 radical (unpaired) electrons. The molecular weight excluding hydrogens is 217 g/mol. The van der Waals surface area contributed by atoms with Crippen LogP contribution in [0.15, 0.2) is 18.2 Å². The fourth-order valence-corrected chi connectivity index (χ4v) is 1.84. The Balaban J connectivity index is 2.61. The van der Waals surface area contributed by atoms with Gasteiger partial charge >= 0.3 is 0 Å². The molecule has 2 nitrogen and oxygen atoms in total. The van der Waals surface area contributed by atoms with Crippen molar-refractivity contribution in [3.8, 4) is 0 Å². The summed E-state index contributed by atoms with van der Waals surface area (Å²) < 4.78 is 13.1. The summed E-state index contributed by atoms with van der Waals surface area (Å²) in [6.45, 7) is 4.56. The highest BCUT2D eigenvalue weighted by molar-refractivity contribution is 5.97. The lowest BCUT2D eigenvalue weighted by Gasteiger charge is -2.10. The van der Waals surface area contributed by atoms with Gasteiger partial charge in [0.1, 0.15) is 5.82 Å². The lowest BCUT2D eigenvalue weighted by Crippen LogP contribution is -2.09. The average Bonchev–Trinajstić information content (AvgIpc) is 2.29. The summed E-state index contributed by atoms with van der Waals surface area (Å²) in [5.41, 5.74) is 6.80. The topological polar surface area (TPSA) is 43.1 Å². The van der Waals surface area contributed by atoms with Crippen molar-refractivity contribution in [2.75, 3.05) is 6.54 Å². The van der Waals surface area contributed by atoms with Crippen LogP contribution in [0.25, 0.3) is 0 Å². The van der Waals surface area contributed by atoms with Crippen LogP contribution in [-0.2, 0) is 0 Å². The van der Waals surface area contributed by atoms with Crippen LogP contribution in [-0.4, -0.2) is 12.3 Å². The first-order valence-corrected chi connectivity index (χ1v) is 6.04. The summed E-state index contributed by atoms with van der Waals surface area (Å²) in [6.07, 6.45) is 2.20. The van der Waals surface area contributed by atoms with Crippen molar-refractivity contribution in [1.82, 2.24) is 0 Å². The number of benzene rings is 1. The Morgan fingerprint density at radius 3 is 2.76 bits per heavy atom. The maximum atomic E-state index is 13.1. The Morgan fingerprint density at radius 1 is 1.41 bits per heavy atom. The van der Waals surface area contributed by atoms with Crippen molar-refractivity contribution in [1.29, 1.82) is 0 Å². The summed E-state index contributed by atoms with van der Waals surface area (Å²) in [5.74, 6) is 0.109. The van der Waals surface area contributed by atoms with Crippen LogP contribution in [0.2, 0.25) is 0 Å². The monoisotopic (exact) mass is 237 g/mol. The third-order valence-corrected chi connectivity index (χ3v) is 3.02. The van der Waals surface area contributed by atoms with E-state index in [4.69, 9.17) is 5.73 Å². The molecule has 0 aliphatic rings.